The second-order valence-corrected chi connectivity index (χ2v) is 6.57. The number of methoxy groups -OCH3 is 1. The molecule has 154 valence electrons. The molecular formula is C20H16ClN3O6. The predicted octanol–water partition coefficient (Wildman–Crippen LogP) is 3.35. The molecule has 0 unspecified atom stereocenters. The Morgan fingerprint density at radius 2 is 2.03 bits per heavy atom. The molecule has 2 heterocycles. The maximum Gasteiger partial charge on any atom is 0.371 e. The van der Waals surface area contributed by atoms with Gasteiger partial charge in [-0.1, -0.05) is 40.1 Å². The fourth-order valence-electron chi connectivity index (χ4n) is 2.85. The summed E-state index contributed by atoms with van der Waals surface area (Å²) in [5.41, 5.74) is 7.22. The average molecular weight is 430 g/mol. The summed E-state index contributed by atoms with van der Waals surface area (Å²) in [7, 11) is 1.46. The molecule has 0 radical (unpaired) electrons. The topological polar surface area (TPSA) is 118 Å². The first-order valence-corrected chi connectivity index (χ1v) is 9.13. The summed E-state index contributed by atoms with van der Waals surface area (Å²) in [5, 5.41) is 8.10. The summed E-state index contributed by atoms with van der Waals surface area (Å²) in [4.78, 5) is 17.9. The van der Waals surface area contributed by atoms with Gasteiger partial charge < -0.3 is 29.3 Å². The van der Waals surface area contributed by atoms with Gasteiger partial charge in [-0.25, -0.2) is 4.79 Å². The first kappa shape index (κ1) is 19.7. The number of oxime groups is 1. The highest BCUT2D eigenvalue weighted by molar-refractivity contribution is 6.33. The van der Waals surface area contributed by atoms with Crippen LogP contribution in [-0.2, 0) is 16.2 Å². The molecule has 1 aliphatic rings. The maximum absolute atomic E-state index is 12.8. The maximum atomic E-state index is 12.8. The van der Waals surface area contributed by atoms with Gasteiger partial charge in [-0.15, -0.1) is 0 Å². The van der Waals surface area contributed by atoms with E-state index in [0.717, 1.165) is 0 Å². The Labute approximate surface area is 175 Å². The van der Waals surface area contributed by atoms with Gasteiger partial charge in [0.05, 0.1) is 5.02 Å². The van der Waals surface area contributed by atoms with Crippen molar-refractivity contribution >= 4 is 23.4 Å². The highest BCUT2D eigenvalue weighted by Crippen LogP contribution is 2.33. The van der Waals surface area contributed by atoms with Crippen molar-refractivity contribution in [1.82, 2.24) is 5.16 Å². The number of carbonyl (C=O) groups excluding carboxylic acids is 1. The van der Waals surface area contributed by atoms with E-state index in [1.54, 1.807) is 42.5 Å². The average Bonchev–Trinajstić information content (AvgIpc) is 3.39. The summed E-state index contributed by atoms with van der Waals surface area (Å²) < 4.78 is 20.9. The number of benzene rings is 2. The number of ether oxygens (including phenoxy) is 3. The molecule has 0 fully saturated rings. The number of fused-ring (bicyclic) bond motifs is 1. The lowest BCUT2D eigenvalue weighted by Crippen LogP contribution is -2.15. The van der Waals surface area contributed by atoms with Gasteiger partial charge in [0, 0.05) is 18.2 Å². The molecule has 0 spiro atoms. The van der Waals surface area contributed by atoms with Gasteiger partial charge in [-0.05, 0) is 24.3 Å². The van der Waals surface area contributed by atoms with Crippen molar-refractivity contribution in [2.24, 2.45) is 10.9 Å². The second kappa shape index (κ2) is 8.44. The van der Waals surface area contributed by atoms with E-state index in [4.69, 9.17) is 40.9 Å². The van der Waals surface area contributed by atoms with E-state index >= 15 is 0 Å². The molecule has 4 rings (SSSR count). The molecule has 2 aromatic carbocycles. The Kier molecular flexibility index (Phi) is 5.55. The largest absolute Gasteiger partial charge is 0.454 e. The lowest BCUT2D eigenvalue weighted by molar-refractivity contribution is 0.0508. The van der Waals surface area contributed by atoms with Crippen LogP contribution in [0.1, 0.15) is 21.7 Å². The molecule has 1 aliphatic heterocycles. The molecule has 10 heteroatoms. The van der Waals surface area contributed by atoms with Crippen LogP contribution in [0, 0.1) is 0 Å². The fraction of sp³-hybridized carbons (Fsp3) is 0.150. The number of hydrogen-bond acceptors (Lipinski definition) is 8. The summed E-state index contributed by atoms with van der Waals surface area (Å²) in [6.07, 6.45) is 0. The lowest BCUT2D eigenvalue weighted by atomic mass is 10.1. The van der Waals surface area contributed by atoms with Crippen molar-refractivity contribution in [3.8, 4) is 22.8 Å². The molecule has 0 saturated heterocycles. The quantitative estimate of drug-likeness (QED) is 0.274. The van der Waals surface area contributed by atoms with Crippen molar-refractivity contribution < 1.29 is 28.4 Å². The summed E-state index contributed by atoms with van der Waals surface area (Å²) >= 11 is 6.24. The molecule has 0 saturated carbocycles. The molecule has 0 amide bonds. The van der Waals surface area contributed by atoms with Gasteiger partial charge in [0.1, 0.15) is 17.9 Å². The molecule has 2 N–H and O–H groups in total. The summed E-state index contributed by atoms with van der Waals surface area (Å²) in [6, 6.07) is 11.9. The van der Waals surface area contributed by atoms with Crippen LogP contribution in [0.15, 0.2) is 52.1 Å². The van der Waals surface area contributed by atoms with E-state index in [1.165, 1.54) is 7.11 Å². The van der Waals surface area contributed by atoms with Crippen LogP contribution in [0.4, 0.5) is 0 Å². The number of nitrogens with two attached hydrogens (primary N) is 1. The van der Waals surface area contributed by atoms with Gasteiger partial charge in [0.2, 0.25) is 6.79 Å². The Hall–Kier alpha value is -3.56. The minimum Gasteiger partial charge on any atom is -0.454 e. The highest BCUT2D eigenvalue weighted by atomic mass is 35.5. The number of nitrogens with zero attached hydrogens (tertiary/aromatic N) is 2. The third kappa shape index (κ3) is 3.80. The van der Waals surface area contributed by atoms with Gasteiger partial charge in [-0.3, -0.25) is 0 Å². The molecule has 0 bridgehead atoms. The number of rotatable bonds is 6. The molecular weight excluding hydrogens is 414 g/mol. The lowest BCUT2D eigenvalue weighted by Gasteiger charge is -2.05. The standard InChI is InChI=1S/C20H16ClN3O6/c1-26-9-16-17(18(23-29-16)12-4-2-3-5-13(12)21)20(25)30-24-19(22)11-6-7-14-15(8-11)28-10-27-14/h2-8H,9-10H2,1H3,(H2,22,24). The van der Waals surface area contributed by atoms with Crippen LogP contribution < -0.4 is 15.2 Å². The van der Waals surface area contributed by atoms with Crippen molar-refractivity contribution in [2.45, 2.75) is 6.61 Å². The Morgan fingerprint density at radius 3 is 2.83 bits per heavy atom. The summed E-state index contributed by atoms with van der Waals surface area (Å²) in [5.74, 6) is 0.461. The van der Waals surface area contributed by atoms with Crippen LogP contribution in [0.25, 0.3) is 11.3 Å². The van der Waals surface area contributed by atoms with Gasteiger partial charge in [-0.2, -0.15) is 0 Å². The van der Waals surface area contributed by atoms with E-state index in [9.17, 15) is 4.79 Å². The van der Waals surface area contributed by atoms with E-state index in [1.807, 2.05) is 0 Å². The van der Waals surface area contributed by atoms with Crippen LogP contribution in [0.2, 0.25) is 5.02 Å². The minimum absolute atomic E-state index is 0.00322. The van der Waals surface area contributed by atoms with Crippen LogP contribution in [0.3, 0.4) is 0 Å². The predicted molar refractivity (Wildman–Crippen MR) is 106 cm³/mol. The number of aromatic nitrogens is 1. The Bertz CT molecular complexity index is 1130. The third-order valence-corrected chi connectivity index (χ3v) is 4.60. The molecule has 1 aromatic heterocycles. The van der Waals surface area contributed by atoms with Crippen molar-refractivity contribution in [2.75, 3.05) is 13.9 Å². The third-order valence-electron chi connectivity index (χ3n) is 4.27. The van der Waals surface area contributed by atoms with E-state index in [0.29, 0.717) is 27.6 Å². The first-order valence-electron chi connectivity index (χ1n) is 8.75. The Morgan fingerprint density at radius 1 is 1.23 bits per heavy atom. The first-order chi connectivity index (χ1) is 14.6. The fourth-order valence-corrected chi connectivity index (χ4v) is 3.07. The minimum atomic E-state index is -0.818. The zero-order valence-electron chi connectivity index (χ0n) is 15.8. The normalized spacial score (nSPS) is 12.8. The number of amidine groups is 1. The Balaban J connectivity index is 1.62. The molecule has 3 aromatic rings. The smallest absolute Gasteiger partial charge is 0.371 e. The van der Waals surface area contributed by atoms with Crippen molar-refractivity contribution in [3.05, 3.63) is 64.4 Å². The zero-order chi connectivity index (χ0) is 21.1. The van der Waals surface area contributed by atoms with Crippen LogP contribution in [-0.4, -0.2) is 30.9 Å². The van der Waals surface area contributed by atoms with Crippen LogP contribution >= 0.6 is 11.6 Å². The highest BCUT2D eigenvalue weighted by Gasteiger charge is 2.27. The van der Waals surface area contributed by atoms with E-state index in [2.05, 4.69) is 10.3 Å². The number of halogens is 1. The van der Waals surface area contributed by atoms with Gasteiger partial charge >= 0.3 is 5.97 Å². The van der Waals surface area contributed by atoms with Crippen molar-refractivity contribution in [3.63, 3.8) is 0 Å². The SMILES string of the molecule is COCc1onc(-c2ccccc2Cl)c1C(=O)O/N=C(/N)c1ccc2c(c1)OCO2. The molecule has 30 heavy (non-hydrogen) atoms. The van der Waals surface area contributed by atoms with Crippen LogP contribution in [0.5, 0.6) is 11.5 Å². The van der Waals surface area contributed by atoms with Gasteiger partial charge in [0.25, 0.3) is 0 Å². The van der Waals surface area contributed by atoms with Crippen molar-refractivity contribution in [1.29, 1.82) is 0 Å². The summed E-state index contributed by atoms with van der Waals surface area (Å²) in [6.45, 7) is 0.134. The van der Waals surface area contributed by atoms with E-state index in [-0.39, 0.29) is 36.3 Å². The molecule has 0 atom stereocenters. The number of carbonyl (C=O) groups is 1. The zero-order valence-corrected chi connectivity index (χ0v) is 16.5. The second-order valence-electron chi connectivity index (χ2n) is 6.17. The van der Waals surface area contributed by atoms with E-state index < -0.39 is 5.97 Å². The molecule has 0 aliphatic carbocycles. The number of hydrogen-bond donors (Lipinski definition) is 1. The van der Waals surface area contributed by atoms with Gasteiger partial charge in [0.15, 0.2) is 23.1 Å². The monoisotopic (exact) mass is 429 g/mol. The molecule has 9 nitrogen and oxygen atoms in total.